The quantitative estimate of drug-likeness (QED) is 0.829. The summed E-state index contributed by atoms with van der Waals surface area (Å²) in [6.07, 6.45) is 0.763. The Kier molecular flexibility index (Phi) is 4.31. The summed E-state index contributed by atoms with van der Waals surface area (Å²) in [5, 5.41) is 0. The number of halogens is 1. The van der Waals surface area contributed by atoms with Gasteiger partial charge in [0.25, 0.3) is 0 Å². The highest BCUT2D eigenvalue weighted by molar-refractivity contribution is 7.89. The summed E-state index contributed by atoms with van der Waals surface area (Å²) < 4.78 is 40.2. The van der Waals surface area contributed by atoms with Gasteiger partial charge in [-0.3, -0.25) is 0 Å². The summed E-state index contributed by atoms with van der Waals surface area (Å²) in [6, 6.07) is 2.39. The Balaban J connectivity index is 2.35. The van der Waals surface area contributed by atoms with E-state index in [9.17, 15) is 12.8 Å². The second-order valence-electron chi connectivity index (χ2n) is 5.18. The smallest absolute Gasteiger partial charge is 0.243 e. The van der Waals surface area contributed by atoms with Crippen LogP contribution in [-0.4, -0.2) is 50.8 Å². The number of anilines is 1. The van der Waals surface area contributed by atoms with Crippen LogP contribution in [0.15, 0.2) is 17.0 Å². The van der Waals surface area contributed by atoms with Crippen LogP contribution in [0.25, 0.3) is 0 Å². The summed E-state index contributed by atoms with van der Waals surface area (Å²) in [7, 11) is -1.73. The topological polar surface area (TPSA) is 66.6 Å². The number of nitrogens with two attached hydrogens (primary N) is 1. The second-order valence-corrected chi connectivity index (χ2v) is 7.12. The van der Waals surface area contributed by atoms with Crippen molar-refractivity contribution in [3.05, 3.63) is 23.5 Å². The van der Waals surface area contributed by atoms with Crippen molar-refractivity contribution in [2.24, 2.45) is 0 Å². The molecule has 1 aromatic carbocycles. The van der Waals surface area contributed by atoms with Crippen LogP contribution in [0.4, 0.5) is 10.1 Å². The van der Waals surface area contributed by atoms with Crippen LogP contribution in [0.3, 0.4) is 0 Å². The predicted molar refractivity (Wildman–Crippen MR) is 76.4 cm³/mol. The summed E-state index contributed by atoms with van der Waals surface area (Å²) >= 11 is 0. The third-order valence-corrected chi connectivity index (χ3v) is 5.55. The van der Waals surface area contributed by atoms with Gasteiger partial charge >= 0.3 is 0 Å². The van der Waals surface area contributed by atoms with Crippen LogP contribution in [0.2, 0.25) is 0 Å². The zero-order valence-electron chi connectivity index (χ0n) is 11.8. The number of nitrogen functional groups attached to an aromatic ring is 1. The number of nitrogens with zero attached hydrogens (tertiary/aromatic N) is 2. The zero-order valence-corrected chi connectivity index (χ0v) is 12.6. The van der Waals surface area contributed by atoms with E-state index in [-0.39, 0.29) is 16.1 Å². The number of rotatable bonds is 2. The van der Waals surface area contributed by atoms with E-state index in [4.69, 9.17) is 5.73 Å². The van der Waals surface area contributed by atoms with Gasteiger partial charge in [-0.1, -0.05) is 0 Å². The molecule has 1 heterocycles. The van der Waals surface area contributed by atoms with Crippen molar-refractivity contribution in [3.8, 4) is 0 Å². The number of hydrogen-bond donors (Lipinski definition) is 1. The molecule has 0 atom stereocenters. The Hall–Kier alpha value is -1.18. The van der Waals surface area contributed by atoms with Crippen LogP contribution < -0.4 is 5.73 Å². The van der Waals surface area contributed by atoms with Crippen LogP contribution >= 0.6 is 0 Å². The molecule has 0 saturated carbocycles. The van der Waals surface area contributed by atoms with Crippen LogP contribution in [0, 0.1) is 12.7 Å². The maximum atomic E-state index is 13.7. The molecule has 0 aromatic heterocycles. The Labute approximate surface area is 119 Å². The van der Waals surface area contributed by atoms with Crippen LogP contribution in [-0.2, 0) is 10.0 Å². The van der Waals surface area contributed by atoms with Crippen molar-refractivity contribution < 1.29 is 12.8 Å². The van der Waals surface area contributed by atoms with Crippen molar-refractivity contribution in [2.45, 2.75) is 18.2 Å². The van der Waals surface area contributed by atoms with Crippen molar-refractivity contribution in [1.29, 1.82) is 0 Å². The monoisotopic (exact) mass is 301 g/mol. The highest BCUT2D eigenvalue weighted by Crippen LogP contribution is 2.24. The van der Waals surface area contributed by atoms with Crippen LogP contribution in [0.5, 0.6) is 0 Å². The molecule has 7 heteroatoms. The average Bonchev–Trinajstić information content (AvgIpc) is 2.60. The molecule has 0 unspecified atom stereocenters. The maximum absolute atomic E-state index is 13.7. The summed E-state index contributed by atoms with van der Waals surface area (Å²) in [5.41, 5.74) is 6.11. The van der Waals surface area contributed by atoms with E-state index < -0.39 is 15.8 Å². The molecule has 0 spiro atoms. The molecule has 1 aromatic rings. The summed E-state index contributed by atoms with van der Waals surface area (Å²) in [6.45, 7) is 3.91. The number of benzene rings is 1. The molecule has 2 N–H and O–H groups in total. The molecule has 0 amide bonds. The maximum Gasteiger partial charge on any atom is 0.243 e. The molecule has 5 nitrogen and oxygen atoms in total. The molecular weight excluding hydrogens is 281 g/mol. The van der Waals surface area contributed by atoms with E-state index in [2.05, 4.69) is 4.90 Å². The van der Waals surface area contributed by atoms with E-state index in [1.165, 1.54) is 17.3 Å². The Morgan fingerprint density at radius 2 is 1.90 bits per heavy atom. The van der Waals surface area contributed by atoms with E-state index in [0.717, 1.165) is 19.0 Å². The minimum Gasteiger partial charge on any atom is -0.398 e. The minimum absolute atomic E-state index is 0.0670. The molecule has 112 valence electrons. The largest absolute Gasteiger partial charge is 0.398 e. The lowest BCUT2D eigenvalue weighted by molar-refractivity contribution is 0.347. The van der Waals surface area contributed by atoms with Crippen molar-refractivity contribution >= 4 is 15.7 Å². The van der Waals surface area contributed by atoms with E-state index in [0.29, 0.717) is 19.6 Å². The van der Waals surface area contributed by atoms with Gasteiger partial charge in [0.05, 0.1) is 4.90 Å². The first-order valence-electron chi connectivity index (χ1n) is 6.56. The van der Waals surface area contributed by atoms with Crippen molar-refractivity contribution in [2.75, 3.05) is 39.0 Å². The average molecular weight is 301 g/mol. The van der Waals surface area contributed by atoms with Gasteiger partial charge in [0.2, 0.25) is 10.0 Å². The molecule has 20 heavy (non-hydrogen) atoms. The van der Waals surface area contributed by atoms with Gasteiger partial charge in [0, 0.05) is 30.9 Å². The highest BCUT2D eigenvalue weighted by atomic mass is 32.2. The van der Waals surface area contributed by atoms with Gasteiger partial charge in [-0.15, -0.1) is 0 Å². The third-order valence-electron chi connectivity index (χ3n) is 3.67. The first-order chi connectivity index (χ1) is 9.32. The Morgan fingerprint density at radius 1 is 1.20 bits per heavy atom. The van der Waals surface area contributed by atoms with Crippen molar-refractivity contribution in [3.63, 3.8) is 0 Å². The lowest BCUT2D eigenvalue weighted by atomic mass is 10.2. The lowest BCUT2D eigenvalue weighted by Crippen LogP contribution is -2.34. The van der Waals surface area contributed by atoms with E-state index in [1.807, 2.05) is 7.05 Å². The van der Waals surface area contributed by atoms with E-state index in [1.54, 1.807) is 0 Å². The SMILES string of the molecule is Cc1c(N)cc(S(=O)(=O)N2CCCN(C)CC2)cc1F. The molecular formula is C13H20FN3O2S. The highest BCUT2D eigenvalue weighted by Gasteiger charge is 2.27. The summed E-state index contributed by atoms with van der Waals surface area (Å²) in [5.74, 6) is -0.587. The van der Waals surface area contributed by atoms with Gasteiger partial charge in [0.15, 0.2) is 0 Å². The molecule has 0 aliphatic carbocycles. The lowest BCUT2D eigenvalue weighted by Gasteiger charge is -2.20. The van der Waals surface area contributed by atoms with Gasteiger partial charge in [-0.2, -0.15) is 4.31 Å². The summed E-state index contributed by atoms with van der Waals surface area (Å²) in [4.78, 5) is 2.02. The van der Waals surface area contributed by atoms with E-state index >= 15 is 0 Å². The second kappa shape index (κ2) is 5.67. The standard InChI is InChI=1S/C13H20FN3O2S/c1-10-12(14)8-11(9-13(10)15)20(18,19)17-5-3-4-16(2)6-7-17/h8-9H,3-7,15H2,1-2H3. The number of hydrogen-bond acceptors (Lipinski definition) is 4. The fraction of sp³-hybridized carbons (Fsp3) is 0.538. The zero-order chi connectivity index (χ0) is 14.9. The molecule has 2 rings (SSSR count). The van der Waals surface area contributed by atoms with Gasteiger partial charge in [-0.05, 0) is 39.1 Å². The molecule has 1 fully saturated rings. The van der Waals surface area contributed by atoms with Crippen LogP contribution in [0.1, 0.15) is 12.0 Å². The van der Waals surface area contributed by atoms with Crippen molar-refractivity contribution in [1.82, 2.24) is 9.21 Å². The molecule has 1 aliphatic rings. The first kappa shape index (κ1) is 15.2. The first-order valence-corrected chi connectivity index (χ1v) is 8.00. The fourth-order valence-corrected chi connectivity index (χ4v) is 3.75. The van der Waals surface area contributed by atoms with Gasteiger partial charge in [0.1, 0.15) is 5.82 Å². The molecule has 1 saturated heterocycles. The van der Waals surface area contributed by atoms with Gasteiger partial charge < -0.3 is 10.6 Å². The Morgan fingerprint density at radius 3 is 2.55 bits per heavy atom. The normalized spacial score (nSPS) is 18.9. The minimum atomic E-state index is -3.68. The fourth-order valence-electron chi connectivity index (χ4n) is 2.24. The number of sulfonamides is 1. The third kappa shape index (κ3) is 2.94. The Bertz CT molecular complexity index is 581. The molecule has 0 radical (unpaired) electrons. The van der Waals surface area contributed by atoms with Gasteiger partial charge in [-0.25, -0.2) is 12.8 Å². The molecule has 0 bridgehead atoms. The molecule has 1 aliphatic heterocycles. The number of likely N-dealkylation sites (N-methyl/N-ethyl adjacent to an activating group) is 1. The predicted octanol–water partition coefficient (Wildman–Crippen LogP) is 1.04.